The fourth-order valence-electron chi connectivity index (χ4n) is 1.63. The van der Waals surface area contributed by atoms with Crippen LogP contribution in [0.15, 0.2) is 30.3 Å². The van der Waals surface area contributed by atoms with Gasteiger partial charge in [0, 0.05) is 18.8 Å². The second-order valence-electron chi connectivity index (χ2n) is 4.54. The summed E-state index contributed by atoms with van der Waals surface area (Å²) in [5.74, 6) is 1.27. The molecule has 18 heavy (non-hydrogen) atoms. The van der Waals surface area contributed by atoms with Gasteiger partial charge >= 0.3 is 0 Å². The minimum atomic E-state index is -0.0169. The summed E-state index contributed by atoms with van der Waals surface area (Å²) in [6.07, 6.45) is 0. The summed E-state index contributed by atoms with van der Waals surface area (Å²) in [6, 6.07) is 10.2. The van der Waals surface area contributed by atoms with Gasteiger partial charge in [-0.05, 0) is 11.5 Å². The van der Waals surface area contributed by atoms with Crippen LogP contribution in [0.4, 0.5) is 0 Å². The molecule has 1 atom stereocenters. The predicted octanol–water partition coefficient (Wildman–Crippen LogP) is 2.02. The zero-order valence-corrected chi connectivity index (χ0v) is 11.9. The van der Waals surface area contributed by atoms with Crippen LogP contribution in [0.2, 0.25) is 0 Å². The van der Waals surface area contributed by atoms with E-state index in [0.29, 0.717) is 19.0 Å². The van der Waals surface area contributed by atoms with Crippen molar-refractivity contribution >= 4 is 17.7 Å². The van der Waals surface area contributed by atoms with Gasteiger partial charge in [-0.15, -0.1) is 11.8 Å². The van der Waals surface area contributed by atoms with Crippen molar-refractivity contribution in [1.29, 1.82) is 0 Å². The average molecular weight is 266 g/mol. The molecule has 0 fully saturated rings. The van der Waals surface area contributed by atoms with Crippen molar-refractivity contribution in [2.24, 2.45) is 11.7 Å². The lowest BCUT2D eigenvalue weighted by Crippen LogP contribution is -2.38. The summed E-state index contributed by atoms with van der Waals surface area (Å²) in [4.78, 5) is 12.0. The standard InChI is InChI=1S/C14H22N2OS/c1-11(2)13(14(17)16-9-8-15)18-10-12-6-4-3-5-7-12/h3-7,11,13H,8-10,15H2,1-2H3,(H,16,17). The predicted molar refractivity (Wildman–Crippen MR) is 78.4 cm³/mol. The van der Waals surface area contributed by atoms with E-state index in [9.17, 15) is 4.79 Å². The van der Waals surface area contributed by atoms with Gasteiger partial charge in [0.2, 0.25) is 5.91 Å². The number of rotatable bonds is 7. The number of carbonyl (C=O) groups excluding carboxylic acids is 1. The highest BCUT2D eigenvalue weighted by Crippen LogP contribution is 2.23. The van der Waals surface area contributed by atoms with Crippen LogP contribution in [0.25, 0.3) is 0 Å². The minimum Gasteiger partial charge on any atom is -0.354 e. The Morgan fingerprint density at radius 1 is 1.33 bits per heavy atom. The Kier molecular flexibility index (Phi) is 6.83. The number of nitrogens with one attached hydrogen (secondary N) is 1. The third kappa shape index (κ3) is 5.10. The zero-order valence-electron chi connectivity index (χ0n) is 11.1. The lowest BCUT2D eigenvalue weighted by Gasteiger charge is -2.19. The molecule has 4 heteroatoms. The van der Waals surface area contributed by atoms with Crippen LogP contribution in [-0.4, -0.2) is 24.2 Å². The van der Waals surface area contributed by atoms with Crippen molar-refractivity contribution in [2.75, 3.05) is 13.1 Å². The fourth-order valence-corrected chi connectivity index (χ4v) is 2.81. The van der Waals surface area contributed by atoms with E-state index in [2.05, 4.69) is 31.3 Å². The van der Waals surface area contributed by atoms with E-state index < -0.39 is 0 Å². The molecule has 1 amide bonds. The molecule has 1 aromatic carbocycles. The van der Waals surface area contributed by atoms with E-state index in [1.165, 1.54) is 5.56 Å². The molecule has 0 spiro atoms. The quantitative estimate of drug-likeness (QED) is 0.794. The number of nitrogens with two attached hydrogens (primary N) is 1. The van der Waals surface area contributed by atoms with Crippen molar-refractivity contribution in [1.82, 2.24) is 5.32 Å². The Bertz CT molecular complexity index is 354. The van der Waals surface area contributed by atoms with Crippen molar-refractivity contribution in [2.45, 2.75) is 24.9 Å². The highest BCUT2D eigenvalue weighted by Gasteiger charge is 2.22. The number of amides is 1. The molecule has 100 valence electrons. The lowest BCUT2D eigenvalue weighted by molar-refractivity contribution is -0.121. The highest BCUT2D eigenvalue weighted by atomic mass is 32.2. The smallest absolute Gasteiger partial charge is 0.233 e. The molecule has 0 saturated carbocycles. The van der Waals surface area contributed by atoms with Crippen LogP contribution in [0, 0.1) is 5.92 Å². The molecule has 1 aromatic rings. The highest BCUT2D eigenvalue weighted by molar-refractivity contribution is 7.99. The third-order valence-electron chi connectivity index (χ3n) is 2.58. The molecule has 0 heterocycles. The lowest BCUT2D eigenvalue weighted by atomic mass is 10.1. The molecule has 3 N–H and O–H groups in total. The summed E-state index contributed by atoms with van der Waals surface area (Å²) in [6.45, 7) is 5.18. The Balaban J connectivity index is 2.50. The number of benzene rings is 1. The number of hydrogen-bond acceptors (Lipinski definition) is 3. The normalized spacial score (nSPS) is 12.4. The Morgan fingerprint density at radius 3 is 2.56 bits per heavy atom. The molecular weight excluding hydrogens is 244 g/mol. The third-order valence-corrected chi connectivity index (χ3v) is 4.20. The maximum absolute atomic E-state index is 12.0. The van der Waals surface area contributed by atoms with Crippen LogP contribution in [0.5, 0.6) is 0 Å². The van der Waals surface area contributed by atoms with Crippen LogP contribution in [0.1, 0.15) is 19.4 Å². The van der Waals surface area contributed by atoms with Crippen molar-refractivity contribution in [3.63, 3.8) is 0 Å². The van der Waals surface area contributed by atoms with Gasteiger partial charge < -0.3 is 11.1 Å². The summed E-state index contributed by atoms with van der Waals surface area (Å²) in [7, 11) is 0. The summed E-state index contributed by atoms with van der Waals surface area (Å²) in [5.41, 5.74) is 6.65. The molecule has 0 aliphatic heterocycles. The summed E-state index contributed by atoms with van der Waals surface area (Å²) in [5, 5.41) is 2.85. The molecule has 0 saturated heterocycles. The number of thioether (sulfide) groups is 1. The van der Waals surface area contributed by atoms with E-state index in [4.69, 9.17) is 5.73 Å². The molecular formula is C14H22N2OS. The van der Waals surface area contributed by atoms with E-state index >= 15 is 0 Å². The monoisotopic (exact) mass is 266 g/mol. The van der Waals surface area contributed by atoms with Gasteiger partial charge in [0.05, 0.1) is 5.25 Å². The first kappa shape index (κ1) is 15.1. The molecule has 0 aliphatic rings. The van der Waals surface area contributed by atoms with Gasteiger partial charge in [0.1, 0.15) is 0 Å². The van der Waals surface area contributed by atoms with Gasteiger partial charge in [-0.25, -0.2) is 0 Å². The van der Waals surface area contributed by atoms with Crippen molar-refractivity contribution in [3.05, 3.63) is 35.9 Å². The molecule has 1 unspecified atom stereocenters. The molecule has 0 radical (unpaired) electrons. The molecule has 3 nitrogen and oxygen atoms in total. The van der Waals surface area contributed by atoms with Gasteiger partial charge in [-0.1, -0.05) is 44.2 Å². The van der Waals surface area contributed by atoms with E-state index in [-0.39, 0.29) is 11.2 Å². The Hall–Kier alpha value is -1.00. The van der Waals surface area contributed by atoms with Gasteiger partial charge in [-0.2, -0.15) is 0 Å². The van der Waals surface area contributed by atoms with E-state index in [1.54, 1.807) is 11.8 Å². The Labute approximate surface area is 114 Å². The molecule has 0 aromatic heterocycles. The molecule has 0 aliphatic carbocycles. The number of hydrogen-bond donors (Lipinski definition) is 2. The second-order valence-corrected chi connectivity index (χ2v) is 5.67. The van der Waals surface area contributed by atoms with Crippen LogP contribution < -0.4 is 11.1 Å². The summed E-state index contributed by atoms with van der Waals surface area (Å²) >= 11 is 1.69. The van der Waals surface area contributed by atoms with Crippen LogP contribution in [-0.2, 0) is 10.5 Å². The maximum atomic E-state index is 12.0. The largest absolute Gasteiger partial charge is 0.354 e. The summed E-state index contributed by atoms with van der Waals surface area (Å²) < 4.78 is 0. The minimum absolute atomic E-state index is 0.0169. The van der Waals surface area contributed by atoms with E-state index in [0.717, 1.165) is 5.75 Å². The first-order valence-corrected chi connectivity index (χ1v) is 7.33. The second kappa shape index (κ2) is 8.16. The first-order chi connectivity index (χ1) is 8.65. The zero-order chi connectivity index (χ0) is 13.4. The van der Waals surface area contributed by atoms with Gasteiger partial charge in [-0.3, -0.25) is 4.79 Å². The number of carbonyl (C=O) groups is 1. The van der Waals surface area contributed by atoms with Gasteiger partial charge in [0.25, 0.3) is 0 Å². The molecule has 0 bridgehead atoms. The fraction of sp³-hybridized carbons (Fsp3) is 0.500. The van der Waals surface area contributed by atoms with Crippen molar-refractivity contribution < 1.29 is 4.79 Å². The average Bonchev–Trinajstić information content (AvgIpc) is 2.37. The van der Waals surface area contributed by atoms with Gasteiger partial charge in [0.15, 0.2) is 0 Å². The Morgan fingerprint density at radius 2 is 2.00 bits per heavy atom. The molecule has 1 rings (SSSR count). The SMILES string of the molecule is CC(C)C(SCc1ccccc1)C(=O)NCCN. The maximum Gasteiger partial charge on any atom is 0.233 e. The first-order valence-electron chi connectivity index (χ1n) is 6.28. The topological polar surface area (TPSA) is 55.1 Å². The van der Waals surface area contributed by atoms with Crippen LogP contribution in [0.3, 0.4) is 0 Å². The van der Waals surface area contributed by atoms with Crippen LogP contribution >= 0.6 is 11.8 Å². The van der Waals surface area contributed by atoms with E-state index in [1.807, 2.05) is 18.2 Å². The van der Waals surface area contributed by atoms with Crippen molar-refractivity contribution in [3.8, 4) is 0 Å².